The highest BCUT2D eigenvalue weighted by molar-refractivity contribution is 6.39. The molecule has 2 aliphatic carbocycles. The SMILES string of the molecule is COc1ccc(C(C)=O)cc1N1C(=O)[C@@H]2[C@@H](C1=O)[C@@]1(c3ccccc3)C(=O)[C@@]2(c2ccccc2)C(c2ccc(C)cc2)=C1c1ccc(C)cc1. The van der Waals surface area contributed by atoms with E-state index in [1.54, 1.807) is 18.2 Å². The lowest BCUT2D eigenvalue weighted by molar-refractivity contribution is -0.130. The van der Waals surface area contributed by atoms with Crippen molar-refractivity contribution in [3.8, 4) is 5.75 Å². The van der Waals surface area contributed by atoms with Crippen molar-refractivity contribution in [1.29, 1.82) is 0 Å². The topological polar surface area (TPSA) is 80.8 Å². The van der Waals surface area contributed by atoms with E-state index in [0.717, 1.165) is 33.4 Å². The number of carbonyl (C=O) groups excluding carboxylic acids is 4. The summed E-state index contributed by atoms with van der Waals surface area (Å²) in [6, 6.07) is 39.8. The lowest BCUT2D eigenvalue weighted by Crippen LogP contribution is -2.45. The quantitative estimate of drug-likeness (QED) is 0.132. The van der Waals surface area contributed by atoms with Crippen molar-refractivity contribution < 1.29 is 23.9 Å². The van der Waals surface area contributed by atoms with Crippen LogP contribution in [0.2, 0.25) is 0 Å². The highest BCUT2D eigenvalue weighted by Crippen LogP contribution is 2.74. The van der Waals surface area contributed by atoms with Crippen molar-refractivity contribution in [2.24, 2.45) is 11.8 Å². The molecule has 1 heterocycles. The number of methoxy groups -OCH3 is 1. The lowest BCUT2D eigenvalue weighted by Gasteiger charge is -2.39. The van der Waals surface area contributed by atoms with Crippen LogP contribution in [0.15, 0.2) is 127 Å². The van der Waals surface area contributed by atoms with Crippen LogP contribution in [0, 0.1) is 25.7 Å². The number of Topliss-reactive ketones (excluding diaryl/α,β-unsaturated/α-hetero) is 2. The van der Waals surface area contributed by atoms with E-state index in [0.29, 0.717) is 16.7 Å². The first-order chi connectivity index (χ1) is 24.2. The number of aryl methyl sites for hydroxylation is 2. The fraction of sp³-hybridized carbons (Fsp3) is 0.182. The van der Waals surface area contributed by atoms with Crippen LogP contribution in [-0.2, 0) is 25.2 Å². The minimum absolute atomic E-state index is 0.186. The van der Waals surface area contributed by atoms with E-state index in [4.69, 9.17) is 4.74 Å². The van der Waals surface area contributed by atoms with Crippen LogP contribution in [0.1, 0.15) is 50.7 Å². The van der Waals surface area contributed by atoms with Crippen LogP contribution in [0.4, 0.5) is 5.69 Å². The summed E-state index contributed by atoms with van der Waals surface area (Å²) in [7, 11) is 1.47. The molecule has 0 N–H and O–H groups in total. The van der Waals surface area contributed by atoms with Gasteiger partial charge in [-0.15, -0.1) is 0 Å². The van der Waals surface area contributed by atoms with Gasteiger partial charge in [-0.25, -0.2) is 4.90 Å². The number of amides is 2. The van der Waals surface area contributed by atoms with Gasteiger partial charge in [0.05, 0.1) is 35.5 Å². The van der Waals surface area contributed by atoms with Gasteiger partial charge in [-0.1, -0.05) is 120 Å². The van der Waals surface area contributed by atoms with E-state index in [2.05, 4.69) is 0 Å². The first kappa shape index (κ1) is 31.4. The Hall–Kier alpha value is -5.88. The summed E-state index contributed by atoms with van der Waals surface area (Å²) in [4.78, 5) is 60.5. The highest BCUT2D eigenvalue weighted by atomic mass is 16.5. The maximum Gasteiger partial charge on any atom is 0.239 e. The molecule has 0 radical (unpaired) electrons. The molecule has 1 saturated heterocycles. The molecule has 6 heteroatoms. The number of imide groups is 1. The zero-order chi connectivity index (χ0) is 34.9. The average molecular weight is 658 g/mol. The standard InChI is InChI=1S/C44H35NO5/c1-26-15-19-29(20-16-26)36-37(30-21-17-27(2)18-22-30)44(33-13-9-6-10-14-33)39-38(43(36,42(44)49)32-11-7-5-8-12-32)40(47)45(41(39)48)34-25-31(28(3)46)23-24-35(34)50-4/h5-25,38-39H,1-4H3/t38-,39-,43-,44-/m0/s1. The summed E-state index contributed by atoms with van der Waals surface area (Å²) in [5.74, 6) is -3.28. The van der Waals surface area contributed by atoms with Gasteiger partial charge in [0.2, 0.25) is 11.8 Å². The predicted octanol–water partition coefficient (Wildman–Crippen LogP) is 7.70. The number of fused-ring (bicyclic) bond motifs is 5. The normalized spacial score (nSPS) is 23.8. The highest BCUT2D eigenvalue weighted by Gasteiger charge is 2.82. The van der Waals surface area contributed by atoms with E-state index in [9.17, 15) is 4.79 Å². The Labute approximate surface area is 291 Å². The molecule has 5 aromatic carbocycles. The third kappa shape index (κ3) is 4.02. The van der Waals surface area contributed by atoms with Crippen LogP contribution in [0.25, 0.3) is 11.1 Å². The molecule has 6 nitrogen and oxygen atoms in total. The lowest BCUT2D eigenvalue weighted by atomic mass is 9.59. The Bertz CT molecular complexity index is 2130. The summed E-state index contributed by atoms with van der Waals surface area (Å²) < 4.78 is 5.69. The summed E-state index contributed by atoms with van der Waals surface area (Å²) in [5, 5.41) is 0. The van der Waals surface area contributed by atoms with Crippen LogP contribution in [0.5, 0.6) is 5.75 Å². The van der Waals surface area contributed by atoms with Gasteiger partial charge in [0.25, 0.3) is 0 Å². The van der Waals surface area contributed by atoms with Crippen LogP contribution >= 0.6 is 0 Å². The van der Waals surface area contributed by atoms with Crippen LogP contribution in [0.3, 0.4) is 0 Å². The summed E-state index contributed by atoms with van der Waals surface area (Å²) in [6.07, 6.45) is 0. The zero-order valence-corrected chi connectivity index (χ0v) is 28.3. The number of nitrogens with zero attached hydrogens (tertiary/aromatic N) is 1. The average Bonchev–Trinajstić information content (AvgIpc) is 3.64. The van der Waals surface area contributed by atoms with E-state index in [1.807, 2.05) is 123 Å². The van der Waals surface area contributed by atoms with Gasteiger partial charge >= 0.3 is 0 Å². The third-order valence-electron chi connectivity index (χ3n) is 11.0. The minimum Gasteiger partial charge on any atom is -0.495 e. The predicted molar refractivity (Wildman–Crippen MR) is 193 cm³/mol. The number of hydrogen-bond acceptors (Lipinski definition) is 5. The Morgan fingerprint density at radius 1 is 0.620 bits per heavy atom. The monoisotopic (exact) mass is 657 g/mol. The Morgan fingerprint density at radius 2 is 1.06 bits per heavy atom. The molecule has 50 heavy (non-hydrogen) atoms. The van der Waals surface area contributed by atoms with Gasteiger partial charge in [-0.3, -0.25) is 19.2 Å². The Morgan fingerprint density at radius 3 is 1.46 bits per heavy atom. The molecule has 5 aromatic rings. The maximum absolute atomic E-state index is 16.1. The second-order valence-corrected chi connectivity index (χ2v) is 13.6. The molecule has 0 unspecified atom stereocenters. The third-order valence-corrected chi connectivity index (χ3v) is 11.0. The fourth-order valence-corrected chi connectivity index (χ4v) is 8.89. The van der Waals surface area contributed by atoms with Crippen molar-refractivity contribution in [2.45, 2.75) is 31.6 Å². The largest absolute Gasteiger partial charge is 0.495 e. The number of carbonyl (C=O) groups is 4. The smallest absolute Gasteiger partial charge is 0.239 e. The molecule has 2 amide bonds. The second kappa shape index (κ2) is 11.3. The molecule has 246 valence electrons. The van der Waals surface area contributed by atoms with Gasteiger partial charge in [-0.2, -0.15) is 0 Å². The number of ether oxygens (including phenoxy) is 1. The van der Waals surface area contributed by atoms with Crippen molar-refractivity contribution in [1.82, 2.24) is 0 Å². The summed E-state index contributed by atoms with van der Waals surface area (Å²) >= 11 is 0. The van der Waals surface area contributed by atoms with Crippen LogP contribution in [-0.4, -0.2) is 30.5 Å². The molecule has 1 saturated carbocycles. The van der Waals surface area contributed by atoms with Crippen molar-refractivity contribution in [3.63, 3.8) is 0 Å². The van der Waals surface area contributed by atoms with Gasteiger partial charge in [0.15, 0.2) is 11.6 Å². The van der Waals surface area contributed by atoms with E-state index in [1.165, 1.54) is 18.9 Å². The first-order valence-corrected chi connectivity index (χ1v) is 16.8. The van der Waals surface area contributed by atoms with Gasteiger partial charge in [-0.05, 0) is 72.4 Å². The van der Waals surface area contributed by atoms with Crippen molar-refractivity contribution in [2.75, 3.05) is 12.0 Å². The molecule has 4 atom stereocenters. The number of ketones is 2. The van der Waals surface area contributed by atoms with E-state index >= 15 is 14.4 Å². The van der Waals surface area contributed by atoms with Gasteiger partial charge in [0.1, 0.15) is 5.75 Å². The molecule has 3 aliphatic rings. The minimum atomic E-state index is -1.52. The summed E-state index contributed by atoms with van der Waals surface area (Å²) in [5.41, 5.74) is 4.00. The molecule has 1 aliphatic heterocycles. The molecule has 2 bridgehead atoms. The summed E-state index contributed by atoms with van der Waals surface area (Å²) in [6.45, 7) is 5.46. The number of hydrogen-bond donors (Lipinski definition) is 0. The maximum atomic E-state index is 16.1. The molecule has 0 spiro atoms. The van der Waals surface area contributed by atoms with Crippen molar-refractivity contribution >= 4 is 40.2 Å². The molecule has 2 fully saturated rings. The number of benzene rings is 5. The Kier molecular flexibility index (Phi) is 7.12. The van der Waals surface area contributed by atoms with Crippen LogP contribution < -0.4 is 9.64 Å². The molecule has 8 rings (SSSR count). The number of allylic oxidation sites excluding steroid dienone is 2. The fourth-order valence-electron chi connectivity index (χ4n) is 8.89. The number of anilines is 1. The van der Waals surface area contributed by atoms with Gasteiger partial charge in [0, 0.05) is 5.56 Å². The van der Waals surface area contributed by atoms with Gasteiger partial charge < -0.3 is 4.74 Å². The first-order valence-electron chi connectivity index (χ1n) is 16.8. The number of rotatable bonds is 7. The Balaban J connectivity index is 1.54. The van der Waals surface area contributed by atoms with E-state index in [-0.39, 0.29) is 23.0 Å². The van der Waals surface area contributed by atoms with Crippen molar-refractivity contribution in [3.05, 3.63) is 166 Å². The molecular formula is C44H35NO5. The second-order valence-electron chi connectivity index (χ2n) is 13.6. The zero-order valence-electron chi connectivity index (χ0n) is 28.3. The molecular weight excluding hydrogens is 622 g/mol. The molecule has 0 aromatic heterocycles. The van der Waals surface area contributed by atoms with E-state index < -0.39 is 34.5 Å².